The van der Waals surface area contributed by atoms with Gasteiger partial charge in [0.25, 0.3) is 5.56 Å². The molecule has 0 radical (unpaired) electrons. The van der Waals surface area contributed by atoms with E-state index in [2.05, 4.69) is 10.3 Å². The fourth-order valence-corrected chi connectivity index (χ4v) is 4.11. The molecule has 1 saturated heterocycles. The molecular formula is C16H22N4O4S. The van der Waals surface area contributed by atoms with Crippen LogP contribution in [0.15, 0.2) is 22.2 Å². The average molecular weight is 366 g/mol. The molecule has 2 aliphatic heterocycles. The molecule has 3 heterocycles. The van der Waals surface area contributed by atoms with Crippen molar-refractivity contribution in [2.75, 3.05) is 25.4 Å². The van der Waals surface area contributed by atoms with Crippen molar-refractivity contribution in [3.8, 4) is 0 Å². The van der Waals surface area contributed by atoms with E-state index in [0.717, 1.165) is 0 Å². The Morgan fingerprint density at radius 2 is 2.16 bits per heavy atom. The van der Waals surface area contributed by atoms with Gasteiger partial charge in [-0.05, 0) is 19.8 Å². The number of aromatic nitrogens is 2. The third-order valence-electron chi connectivity index (χ3n) is 4.45. The number of hydrogen-bond donors (Lipinski definition) is 1. The highest BCUT2D eigenvalue weighted by Gasteiger charge is 2.30. The Morgan fingerprint density at radius 3 is 2.88 bits per heavy atom. The minimum absolute atomic E-state index is 0.0384. The Labute approximate surface area is 149 Å². The second kappa shape index (κ2) is 7.90. The van der Waals surface area contributed by atoms with Gasteiger partial charge in [0, 0.05) is 43.7 Å². The van der Waals surface area contributed by atoms with Gasteiger partial charge in [-0.1, -0.05) is 11.8 Å². The smallest absolute Gasteiger partial charge is 0.409 e. The molecule has 9 heteroatoms. The summed E-state index contributed by atoms with van der Waals surface area (Å²) in [5.41, 5.74) is -0.127. The van der Waals surface area contributed by atoms with E-state index in [-0.39, 0.29) is 29.5 Å². The maximum atomic E-state index is 12.5. The van der Waals surface area contributed by atoms with Gasteiger partial charge in [-0.2, -0.15) is 0 Å². The van der Waals surface area contributed by atoms with Crippen molar-refractivity contribution >= 4 is 23.8 Å². The van der Waals surface area contributed by atoms with Crippen LogP contribution in [0.5, 0.6) is 0 Å². The SMILES string of the molecule is CCOC(=O)N1CCC(NC(=O)C2CSc3nccc(=O)n3C2)CC1. The number of carbonyl (C=O) groups excluding carboxylic acids is 2. The molecule has 0 aromatic carbocycles. The molecule has 1 fully saturated rings. The first-order valence-corrected chi connectivity index (χ1v) is 9.47. The van der Waals surface area contributed by atoms with Gasteiger partial charge in [0.05, 0.1) is 12.5 Å². The van der Waals surface area contributed by atoms with Crippen LogP contribution in [0.4, 0.5) is 4.79 Å². The van der Waals surface area contributed by atoms with Crippen molar-refractivity contribution in [1.82, 2.24) is 19.8 Å². The van der Waals surface area contributed by atoms with Crippen LogP contribution < -0.4 is 10.9 Å². The Hall–Kier alpha value is -2.03. The first-order valence-electron chi connectivity index (χ1n) is 8.49. The summed E-state index contributed by atoms with van der Waals surface area (Å²) in [6.07, 6.45) is 2.63. The molecule has 0 aliphatic carbocycles. The molecule has 0 saturated carbocycles. The van der Waals surface area contributed by atoms with Crippen LogP contribution in [0.1, 0.15) is 19.8 Å². The number of hydrogen-bond acceptors (Lipinski definition) is 6. The zero-order valence-corrected chi connectivity index (χ0v) is 15.0. The maximum absolute atomic E-state index is 12.5. The van der Waals surface area contributed by atoms with Gasteiger partial charge in [0.1, 0.15) is 0 Å². The topological polar surface area (TPSA) is 93.5 Å². The lowest BCUT2D eigenvalue weighted by atomic mass is 10.0. The number of rotatable bonds is 3. The van der Waals surface area contributed by atoms with Gasteiger partial charge in [-0.15, -0.1) is 0 Å². The molecule has 136 valence electrons. The zero-order valence-electron chi connectivity index (χ0n) is 14.1. The van der Waals surface area contributed by atoms with Crippen molar-refractivity contribution in [2.24, 2.45) is 5.92 Å². The fraction of sp³-hybridized carbons (Fsp3) is 0.625. The van der Waals surface area contributed by atoms with Gasteiger partial charge in [0.2, 0.25) is 5.91 Å². The van der Waals surface area contributed by atoms with Crippen LogP contribution in [0, 0.1) is 5.92 Å². The van der Waals surface area contributed by atoms with E-state index < -0.39 is 0 Å². The van der Waals surface area contributed by atoms with Gasteiger partial charge in [-0.25, -0.2) is 9.78 Å². The highest BCUT2D eigenvalue weighted by atomic mass is 32.2. The molecule has 1 unspecified atom stereocenters. The lowest BCUT2D eigenvalue weighted by molar-refractivity contribution is -0.125. The lowest BCUT2D eigenvalue weighted by Crippen LogP contribution is -2.49. The lowest BCUT2D eigenvalue weighted by Gasteiger charge is -2.33. The Bertz CT molecular complexity index is 700. The van der Waals surface area contributed by atoms with Gasteiger partial charge >= 0.3 is 6.09 Å². The third-order valence-corrected chi connectivity index (χ3v) is 5.61. The predicted molar refractivity (Wildman–Crippen MR) is 92.5 cm³/mol. The molecule has 2 aliphatic rings. The summed E-state index contributed by atoms with van der Waals surface area (Å²) in [4.78, 5) is 42.0. The molecular weight excluding hydrogens is 344 g/mol. The Morgan fingerprint density at radius 1 is 1.40 bits per heavy atom. The van der Waals surface area contributed by atoms with E-state index in [1.165, 1.54) is 24.0 Å². The Balaban J connectivity index is 1.52. The number of thioether (sulfide) groups is 1. The van der Waals surface area contributed by atoms with Crippen LogP contribution in [0.25, 0.3) is 0 Å². The molecule has 0 bridgehead atoms. The summed E-state index contributed by atoms with van der Waals surface area (Å²) in [7, 11) is 0. The average Bonchev–Trinajstić information content (AvgIpc) is 2.62. The first-order chi connectivity index (χ1) is 12.1. The van der Waals surface area contributed by atoms with Crippen LogP contribution in [-0.4, -0.2) is 57.9 Å². The summed E-state index contributed by atoms with van der Waals surface area (Å²) in [5.74, 6) is 0.329. The standard InChI is InChI=1S/C16H22N4O4S/c1-2-24-16(23)19-7-4-12(5-8-19)18-14(22)11-9-20-13(21)3-6-17-15(20)25-10-11/h3,6,11-12H,2,4-5,7-10H2,1H3,(H,18,22). The molecule has 8 nitrogen and oxygen atoms in total. The molecule has 2 amide bonds. The summed E-state index contributed by atoms with van der Waals surface area (Å²) >= 11 is 1.43. The van der Waals surface area contributed by atoms with E-state index in [4.69, 9.17) is 4.74 Å². The second-order valence-electron chi connectivity index (χ2n) is 6.15. The fourth-order valence-electron chi connectivity index (χ4n) is 3.05. The number of fused-ring (bicyclic) bond motifs is 1. The Kier molecular flexibility index (Phi) is 5.62. The highest BCUT2D eigenvalue weighted by molar-refractivity contribution is 7.99. The highest BCUT2D eigenvalue weighted by Crippen LogP contribution is 2.25. The van der Waals surface area contributed by atoms with Crippen LogP contribution in [0.2, 0.25) is 0 Å². The molecule has 1 aromatic heterocycles. The van der Waals surface area contributed by atoms with Gasteiger partial charge in [0.15, 0.2) is 5.16 Å². The van der Waals surface area contributed by atoms with E-state index in [9.17, 15) is 14.4 Å². The number of nitrogens with one attached hydrogen (secondary N) is 1. The summed E-state index contributed by atoms with van der Waals surface area (Å²) in [6, 6.07) is 1.46. The van der Waals surface area contributed by atoms with Crippen molar-refractivity contribution in [3.05, 3.63) is 22.6 Å². The van der Waals surface area contributed by atoms with E-state index in [1.54, 1.807) is 16.4 Å². The predicted octanol–water partition coefficient (Wildman–Crippen LogP) is 0.702. The van der Waals surface area contributed by atoms with Crippen molar-refractivity contribution < 1.29 is 14.3 Å². The molecule has 1 aromatic rings. The molecule has 1 atom stereocenters. The molecule has 1 N–H and O–H groups in total. The minimum atomic E-state index is -0.292. The first kappa shape index (κ1) is 17.8. The van der Waals surface area contributed by atoms with Crippen LogP contribution in [0.3, 0.4) is 0 Å². The van der Waals surface area contributed by atoms with E-state index >= 15 is 0 Å². The van der Waals surface area contributed by atoms with E-state index in [1.807, 2.05) is 0 Å². The number of carbonyl (C=O) groups is 2. The van der Waals surface area contributed by atoms with Crippen molar-refractivity contribution in [3.63, 3.8) is 0 Å². The zero-order chi connectivity index (χ0) is 17.8. The second-order valence-corrected chi connectivity index (χ2v) is 7.14. The number of ether oxygens (including phenoxy) is 1. The largest absolute Gasteiger partial charge is 0.450 e. The van der Waals surface area contributed by atoms with Crippen LogP contribution in [-0.2, 0) is 16.1 Å². The van der Waals surface area contributed by atoms with E-state index in [0.29, 0.717) is 50.0 Å². The van der Waals surface area contributed by atoms with Gasteiger partial charge in [-0.3, -0.25) is 14.2 Å². The normalized spacial score (nSPS) is 20.7. The third kappa shape index (κ3) is 4.15. The summed E-state index contributed by atoms with van der Waals surface area (Å²) in [5, 5.41) is 3.73. The van der Waals surface area contributed by atoms with Crippen LogP contribution >= 0.6 is 11.8 Å². The minimum Gasteiger partial charge on any atom is -0.450 e. The number of likely N-dealkylation sites (tertiary alicyclic amines) is 1. The monoisotopic (exact) mass is 366 g/mol. The quantitative estimate of drug-likeness (QED) is 0.792. The number of piperidine rings is 1. The number of amides is 2. The van der Waals surface area contributed by atoms with Crippen molar-refractivity contribution in [2.45, 2.75) is 37.5 Å². The molecule has 3 rings (SSSR count). The molecule has 0 spiro atoms. The number of nitrogens with zero attached hydrogens (tertiary/aromatic N) is 3. The maximum Gasteiger partial charge on any atom is 0.409 e. The summed E-state index contributed by atoms with van der Waals surface area (Å²) in [6.45, 7) is 3.67. The van der Waals surface area contributed by atoms with Crippen molar-refractivity contribution in [1.29, 1.82) is 0 Å². The van der Waals surface area contributed by atoms with Gasteiger partial charge < -0.3 is 15.0 Å². The molecule has 25 heavy (non-hydrogen) atoms. The summed E-state index contributed by atoms with van der Waals surface area (Å²) < 4.78 is 6.55.